The summed E-state index contributed by atoms with van der Waals surface area (Å²) < 4.78 is 10.7. The van der Waals surface area contributed by atoms with E-state index in [4.69, 9.17) is 9.47 Å². The maximum Gasteiger partial charge on any atom is 0.272 e. The van der Waals surface area contributed by atoms with E-state index in [1.54, 1.807) is 26.4 Å². The van der Waals surface area contributed by atoms with Gasteiger partial charge in [0.1, 0.15) is 0 Å². The van der Waals surface area contributed by atoms with Crippen LogP contribution in [0.25, 0.3) is 21.7 Å². The molecule has 2 N–H and O–H groups in total. The Balaban J connectivity index is 1.85. The maximum absolute atomic E-state index is 12.2. The highest BCUT2D eigenvalue weighted by atomic mass is 16.5. The van der Waals surface area contributed by atoms with Crippen molar-refractivity contribution in [3.63, 3.8) is 0 Å². The monoisotopic (exact) mass is 335 g/mol. The number of rotatable bonds is 4. The summed E-state index contributed by atoms with van der Waals surface area (Å²) in [5, 5.41) is 9.27. The number of aromatic nitrogens is 3. The van der Waals surface area contributed by atoms with E-state index in [1.807, 2.05) is 18.3 Å². The molecule has 0 spiro atoms. The number of H-pyrrole nitrogens is 2. The topological polar surface area (TPSA) is 80.0 Å². The predicted molar refractivity (Wildman–Crippen MR) is 96.6 cm³/mol. The smallest absolute Gasteiger partial charge is 0.272 e. The van der Waals surface area contributed by atoms with Crippen molar-refractivity contribution in [3.05, 3.63) is 64.2 Å². The van der Waals surface area contributed by atoms with Gasteiger partial charge in [-0.25, -0.2) is 5.10 Å². The van der Waals surface area contributed by atoms with E-state index in [1.165, 1.54) is 0 Å². The number of hydrogen-bond donors (Lipinski definition) is 2. The first kappa shape index (κ1) is 15.3. The number of benzene rings is 2. The molecule has 0 radical (unpaired) electrons. The van der Waals surface area contributed by atoms with Crippen LogP contribution in [0.4, 0.5) is 0 Å². The van der Waals surface area contributed by atoms with E-state index in [0.29, 0.717) is 23.3 Å². The second-order valence-corrected chi connectivity index (χ2v) is 5.83. The molecule has 0 saturated heterocycles. The number of ether oxygens (including phenoxy) is 2. The lowest BCUT2D eigenvalue weighted by molar-refractivity contribution is 0.356. The number of aromatic amines is 2. The van der Waals surface area contributed by atoms with E-state index in [0.717, 1.165) is 27.5 Å². The third-order valence-corrected chi connectivity index (χ3v) is 4.36. The molecule has 126 valence electrons. The summed E-state index contributed by atoms with van der Waals surface area (Å²) in [6, 6.07) is 11.7. The van der Waals surface area contributed by atoms with Gasteiger partial charge in [-0.2, -0.15) is 5.10 Å². The zero-order valence-corrected chi connectivity index (χ0v) is 13.9. The molecule has 2 aromatic carbocycles. The normalized spacial score (nSPS) is 11.1. The molecule has 0 saturated carbocycles. The summed E-state index contributed by atoms with van der Waals surface area (Å²) >= 11 is 0. The first-order chi connectivity index (χ1) is 12.2. The first-order valence-corrected chi connectivity index (χ1v) is 7.89. The number of nitrogens with one attached hydrogen (secondary N) is 2. The molecule has 0 unspecified atom stereocenters. The van der Waals surface area contributed by atoms with Gasteiger partial charge in [-0.1, -0.05) is 6.07 Å². The van der Waals surface area contributed by atoms with E-state index in [9.17, 15) is 4.79 Å². The van der Waals surface area contributed by atoms with E-state index < -0.39 is 0 Å². The fraction of sp³-hybridized carbons (Fsp3) is 0.158. The average Bonchev–Trinajstić information content (AvgIpc) is 3.11. The SMILES string of the molecule is COc1cc2c(Cc3ccc4[nH]ccc4c3)n[nH]c(=O)c2cc1OC. The van der Waals surface area contributed by atoms with Crippen LogP contribution in [0.3, 0.4) is 0 Å². The van der Waals surface area contributed by atoms with Gasteiger partial charge in [0.25, 0.3) is 5.56 Å². The highest BCUT2D eigenvalue weighted by molar-refractivity contribution is 5.87. The molecule has 0 aliphatic carbocycles. The Kier molecular flexibility index (Phi) is 3.65. The van der Waals surface area contributed by atoms with Crippen LogP contribution in [-0.2, 0) is 6.42 Å². The summed E-state index contributed by atoms with van der Waals surface area (Å²) in [6.45, 7) is 0. The van der Waals surface area contributed by atoms with Gasteiger partial charge in [0.2, 0.25) is 0 Å². The Morgan fingerprint density at radius 2 is 1.76 bits per heavy atom. The Morgan fingerprint density at radius 1 is 1.00 bits per heavy atom. The minimum Gasteiger partial charge on any atom is -0.493 e. The minimum atomic E-state index is -0.249. The standard InChI is InChI=1S/C19H17N3O3/c1-24-17-9-13-14(10-18(17)25-2)19(23)22-21-16(13)8-11-3-4-15-12(7-11)5-6-20-15/h3-7,9-10,20H,8H2,1-2H3,(H,22,23). The van der Waals surface area contributed by atoms with E-state index in [2.05, 4.69) is 27.3 Å². The maximum atomic E-state index is 12.2. The Labute approximate surface area is 143 Å². The van der Waals surface area contributed by atoms with Gasteiger partial charge < -0.3 is 14.5 Å². The molecule has 0 aliphatic rings. The average molecular weight is 335 g/mol. The third-order valence-electron chi connectivity index (χ3n) is 4.36. The Morgan fingerprint density at radius 3 is 2.52 bits per heavy atom. The highest BCUT2D eigenvalue weighted by Crippen LogP contribution is 2.32. The second kappa shape index (κ2) is 5.98. The van der Waals surface area contributed by atoms with Gasteiger partial charge in [-0.05, 0) is 41.3 Å². The van der Waals surface area contributed by atoms with Crippen molar-refractivity contribution in [2.24, 2.45) is 0 Å². The molecule has 0 atom stereocenters. The van der Waals surface area contributed by atoms with Crippen molar-refractivity contribution < 1.29 is 9.47 Å². The van der Waals surface area contributed by atoms with Crippen LogP contribution in [0.1, 0.15) is 11.3 Å². The van der Waals surface area contributed by atoms with Crippen molar-refractivity contribution in [2.45, 2.75) is 6.42 Å². The second-order valence-electron chi connectivity index (χ2n) is 5.83. The zero-order chi connectivity index (χ0) is 17.4. The van der Waals surface area contributed by atoms with Crippen LogP contribution < -0.4 is 15.0 Å². The lowest BCUT2D eigenvalue weighted by Gasteiger charge is -2.11. The summed E-state index contributed by atoms with van der Waals surface area (Å²) in [5.74, 6) is 1.09. The highest BCUT2D eigenvalue weighted by Gasteiger charge is 2.13. The van der Waals surface area contributed by atoms with Gasteiger partial charge in [-0.15, -0.1) is 0 Å². The number of hydrogen-bond acceptors (Lipinski definition) is 4. The molecule has 0 aliphatic heterocycles. The molecule has 25 heavy (non-hydrogen) atoms. The molecular weight excluding hydrogens is 318 g/mol. The summed E-state index contributed by atoms with van der Waals surface area (Å²) in [5.41, 5.74) is 2.74. The molecule has 0 amide bonds. The van der Waals surface area contributed by atoms with Gasteiger partial charge >= 0.3 is 0 Å². The van der Waals surface area contributed by atoms with Crippen molar-refractivity contribution >= 4 is 21.7 Å². The van der Waals surface area contributed by atoms with Gasteiger partial charge in [-0.3, -0.25) is 4.79 Å². The van der Waals surface area contributed by atoms with Crippen LogP contribution in [0, 0.1) is 0 Å². The van der Waals surface area contributed by atoms with Gasteiger partial charge in [0.15, 0.2) is 11.5 Å². The molecule has 0 fully saturated rings. The first-order valence-electron chi connectivity index (χ1n) is 7.89. The van der Waals surface area contributed by atoms with E-state index in [-0.39, 0.29) is 5.56 Å². The lowest BCUT2D eigenvalue weighted by Crippen LogP contribution is -2.12. The van der Waals surface area contributed by atoms with Crippen molar-refractivity contribution in [3.8, 4) is 11.5 Å². The van der Waals surface area contributed by atoms with Crippen LogP contribution in [0.2, 0.25) is 0 Å². The quantitative estimate of drug-likeness (QED) is 0.601. The number of nitrogens with zero attached hydrogens (tertiary/aromatic N) is 1. The number of fused-ring (bicyclic) bond motifs is 2. The van der Waals surface area contributed by atoms with Crippen LogP contribution in [0.5, 0.6) is 11.5 Å². The summed E-state index contributed by atoms with van der Waals surface area (Å²) in [4.78, 5) is 15.4. The van der Waals surface area contributed by atoms with E-state index >= 15 is 0 Å². The van der Waals surface area contributed by atoms with Gasteiger partial charge in [0.05, 0.1) is 25.3 Å². The molecular formula is C19H17N3O3. The summed E-state index contributed by atoms with van der Waals surface area (Å²) in [6.07, 6.45) is 2.52. The Bertz CT molecular complexity index is 1130. The largest absolute Gasteiger partial charge is 0.493 e. The fourth-order valence-corrected chi connectivity index (χ4v) is 3.09. The molecule has 4 aromatic rings. The zero-order valence-electron chi connectivity index (χ0n) is 13.9. The van der Waals surface area contributed by atoms with Crippen LogP contribution in [-0.4, -0.2) is 29.4 Å². The third kappa shape index (κ3) is 2.61. The fourth-order valence-electron chi connectivity index (χ4n) is 3.09. The molecule has 6 heteroatoms. The Hall–Kier alpha value is -3.28. The molecule has 6 nitrogen and oxygen atoms in total. The number of methoxy groups -OCH3 is 2. The molecule has 2 heterocycles. The molecule has 2 aromatic heterocycles. The predicted octanol–water partition coefficient (Wildman–Crippen LogP) is 3.01. The molecule has 4 rings (SSSR count). The van der Waals surface area contributed by atoms with Crippen molar-refractivity contribution in [1.29, 1.82) is 0 Å². The summed E-state index contributed by atoms with van der Waals surface area (Å²) in [7, 11) is 3.12. The lowest BCUT2D eigenvalue weighted by atomic mass is 10.0. The van der Waals surface area contributed by atoms with Gasteiger partial charge in [0, 0.05) is 23.5 Å². The van der Waals surface area contributed by atoms with Crippen LogP contribution in [0.15, 0.2) is 47.4 Å². The molecule has 0 bridgehead atoms. The van der Waals surface area contributed by atoms with Crippen molar-refractivity contribution in [1.82, 2.24) is 15.2 Å². The van der Waals surface area contributed by atoms with Crippen molar-refractivity contribution in [2.75, 3.05) is 14.2 Å². The minimum absolute atomic E-state index is 0.249. The van der Waals surface area contributed by atoms with Crippen LogP contribution >= 0.6 is 0 Å².